The van der Waals surface area contributed by atoms with E-state index in [9.17, 15) is 13.6 Å². The highest BCUT2D eigenvalue weighted by Gasteiger charge is 2.19. The summed E-state index contributed by atoms with van der Waals surface area (Å²) in [5, 5.41) is 0. The molecule has 1 aromatic rings. The first-order valence-electron chi connectivity index (χ1n) is 5.03. The summed E-state index contributed by atoms with van der Waals surface area (Å²) < 4.78 is 31.8. The summed E-state index contributed by atoms with van der Waals surface area (Å²) in [5.41, 5.74) is -0.269. The van der Waals surface area contributed by atoms with Crippen molar-refractivity contribution in [2.45, 2.75) is 26.9 Å². The Morgan fingerprint density at radius 3 is 2.56 bits per heavy atom. The molecule has 0 heterocycles. The van der Waals surface area contributed by atoms with E-state index in [1.807, 2.05) is 0 Å². The van der Waals surface area contributed by atoms with Crippen molar-refractivity contribution in [3.63, 3.8) is 0 Å². The number of carbonyl (C=O) groups excluding carboxylic acids is 1. The third kappa shape index (κ3) is 2.85. The standard InChI is InChI=1S/C12H14F2O2/c1-7(2)16-6-10(15)11-9(13)5-4-8(3)12(11)14/h4-5,7H,6H2,1-3H3. The molecule has 0 spiro atoms. The molecule has 0 saturated heterocycles. The van der Waals surface area contributed by atoms with Crippen LogP contribution < -0.4 is 0 Å². The summed E-state index contributed by atoms with van der Waals surface area (Å²) in [5.74, 6) is -2.33. The number of halogens is 2. The van der Waals surface area contributed by atoms with Gasteiger partial charge in [-0.15, -0.1) is 0 Å². The number of hydrogen-bond donors (Lipinski definition) is 0. The topological polar surface area (TPSA) is 26.3 Å². The highest BCUT2D eigenvalue weighted by atomic mass is 19.1. The van der Waals surface area contributed by atoms with E-state index >= 15 is 0 Å². The molecule has 0 fully saturated rings. The lowest BCUT2D eigenvalue weighted by Crippen LogP contribution is -2.16. The molecule has 0 amide bonds. The summed E-state index contributed by atoms with van der Waals surface area (Å²) in [6, 6.07) is 2.38. The molecule has 0 aliphatic carbocycles. The van der Waals surface area contributed by atoms with E-state index < -0.39 is 23.0 Å². The first-order chi connectivity index (χ1) is 7.43. The van der Waals surface area contributed by atoms with Crippen molar-refractivity contribution >= 4 is 5.78 Å². The van der Waals surface area contributed by atoms with Crippen LogP contribution in [0.25, 0.3) is 0 Å². The van der Waals surface area contributed by atoms with Gasteiger partial charge in [0.15, 0.2) is 5.78 Å². The lowest BCUT2D eigenvalue weighted by atomic mass is 10.1. The lowest BCUT2D eigenvalue weighted by molar-refractivity contribution is 0.0577. The van der Waals surface area contributed by atoms with Gasteiger partial charge in [0.2, 0.25) is 0 Å². The Labute approximate surface area is 93.2 Å². The normalized spacial score (nSPS) is 10.9. The SMILES string of the molecule is Cc1ccc(F)c(C(=O)COC(C)C)c1F. The van der Waals surface area contributed by atoms with E-state index in [1.165, 1.54) is 13.0 Å². The average molecular weight is 228 g/mol. The van der Waals surface area contributed by atoms with E-state index in [1.54, 1.807) is 13.8 Å². The van der Waals surface area contributed by atoms with Gasteiger partial charge in [0, 0.05) is 0 Å². The number of carbonyl (C=O) groups is 1. The molecule has 0 aliphatic heterocycles. The molecular formula is C12H14F2O2. The smallest absolute Gasteiger partial charge is 0.194 e. The van der Waals surface area contributed by atoms with Gasteiger partial charge in [-0.2, -0.15) is 0 Å². The number of benzene rings is 1. The number of Topliss-reactive ketones (excluding diaryl/α,β-unsaturated/α-hetero) is 1. The monoisotopic (exact) mass is 228 g/mol. The Kier molecular flexibility index (Phi) is 4.12. The number of hydrogen-bond acceptors (Lipinski definition) is 2. The quantitative estimate of drug-likeness (QED) is 0.741. The van der Waals surface area contributed by atoms with Gasteiger partial charge in [-0.3, -0.25) is 4.79 Å². The molecule has 0 saturated carbocycles. The van der Waals surface area contributed by atoms with Crippen LogP contribution in [0.2, 0.25) is 0 Å². The van der Waals surface area contributed by atoms with Crippen molar-refractivity contribution in [3.8, 4) is 0 Å². The van der Waals surface area contributed by atoms with Crippen LogP contribution in [0.15, 0.2) is 12.1 Å². The maximum Gasteiger partial charge on any atom is 0.194 e. The molecule has 4 heteroatoms. The van der Waals surface area contributed by atoms with Crippen LogP contribution in [0.4, 0.5) is 8.78 Å². The minimum absolute atomic E-state index is 0.153. The van der Waals surface area contributed by atoms with Gasteiger partial charge in [-0.25, -0.2) is 8.78 Å². The van der Waals surface area contributed by atoms with Crippen LogP contribution in [-0.2, 0) is 4.74 Å². The molecule has 2 nitrogen and oxygen atoms in total. The first-order valence-corrected chi connectivity index (χ1v) is 5.03. The second kappa shape index (κ2) is 5.16. The predicted molar refractivity (Wildman–Crippen MR) is 56.5 cm³/mol. The summed E-state index contributed by atoms with van der Waals surface area (Å²) >= 11 is 0. The van der Waals surface area contributed by atoms with Crippen molar-refractivity contribution < 1.29 is 18.3 Å². The molecular weight excluding hydrogens is 214 g/mol. The Bertz CT molecular complexity index is 400. The number of ketones is 1. The Hall–Kier alpha value is -1.29. The number of aryl methyl sites for hydroxylation is 1. The molecule has 1 aromatic carbocycles. The second-order valence-electron chi connectivity index (χ2n) is 3.84. The molecule has 0 aliphatic rings. The molecule has 0 atom stereocenters. The van der Waals surface area contributed by atoms with Crippen LogP contribution in [0, 0.1) is 18.6 Å². The van der Waals surface area contributed by atoms with E-state index in [0.29, 0.717) is 0 Å². The molecule has 0 bridgehead atoms. The Balaban J connectivity index is 2.95. The molecule has 0 radical (unpaired) electrons. The van der Waals surface area contributed by atoms with Crippen LogP contribution in [0.5, 0.6) is 0 Å². The maximum atomic E-state index is 13.5. The largest absolute Gasteiger partial charge is 0.371 e. The zero-order valence-electron chi connectivity index (χ0n) is 9.51. The number of rotatable bonds is 4. The van der Waals surface area contributed by atoms with Gasteiger partial charge in [-0.1, -0.05) is 6.07 Å². The third-order valence-corrected chi connectivity index (χ3v) is 2.11. The van der Waals surface area contributed by atoms with Gasteiger partial charge in [-0.05, 0) is 32.4 Å². The average Bonchev–Trinajstić information content (AvgIpc) is 2.21. The molecule has 88 valence electrons. The fourth-order valence-corrected chi connectivity index (χ4v) is 1.23. The predicted octanol–water partition coefficient (Wildman–Crippen LogP) is 2.88. The summed E-state index contributed by atoms with van der Waals surface area (Å²) in [6.07, 6.45) is -0.153. The summed E-state index contributed by atoms with van der Waals surface area (Å²) in [6.45, 7) is 4.66. The van der Waals surface area contributed by atoms with Gasteiger partial charge in [0.05, 0.1) is 11.7 Å². The molecule has 0 N–H and O–H groups in total. The molecule has 1 rings (SSSR count). The van der Waals surface area contributed by atoms with E-state index in [2.05, 4.69) is 0 Å². The van der Waals surface area contributed by atoms with Gasteiger partial charge >= 0.3 is 0 Å². The van der Waals surface area contributed by atoms with E-state index in [0.717, 1.165) is 6.07 Å². The van der Waals surface area contributed by atoms with Gasteiger partial charge in [0.1, 0.15) is 18.2 Å². The summed E-state index contributed by atoms with van der Waals surface area (Å²) in [7, 11) is 0. The zero-order valence-corrected chi connectivity index (χ0v) is 9.51. The second-order valence-corrected chi connectivity index (χ2v) is 3.84. The molecule has 16 heavy (non-hydrogen) atoms. The van der Waals surface area contributed by atoms with E-state index in [4.69, 9.17) is 4.74 Å². The number of ether oxygens (including phenoxy) is 1. The fourth-order valence-electron chi connectivity index (χ4n) is 1.23. The minimum atomic E-state index is -0.847. The van der Waals surface area contributed by atoms with Crippen molar-refractivity contribution in [1.82, 2.24) is 0 Å². The minimum Gasteiger partial charge on any atom is -0.371 e. The van der Waals surface area contributed by atoms with Gasteiger partial charge in [0.25, 0.3) is 0 Å². The summed E-state index contributed by atoms with van der Waals surface area (Å²) in [4.78, 5) is 11.5. The molecule has 0 aromatic heterocycles. The van der Waals surface area contributed by atoms with Crippen LogP contribution in [-0.4, -0.2) is 18.5 Å². The van der Waals surface area contributed by atoms with Crippen LogP contribution in [0.1, 0.15) is 29.8 Å². The van der Waals surface area contributed by atoms with Crippen molar-refractivity contribution in [2.75, 3.05) is 6.61 Å². The van der Waals surface area contributed by atoms with Crippen molar-refractivity contribution in [2.24, 2.45) is 0 Å². The Morgan fingerprint density at radius 1 is 1.38 bits per heavy atom. The highest BCUT2D eigenvalue weighted by molar-refractivity contribution is 5.97. The van der Waals surface area contributed by atoms with Crippen molar-refractivity contribution in [1.29, 1.82) is 0 Å². The van der Waals surface area contributed by atoms with Crippen molar-refractivity contribution in [3.05, 3.63) is 34.9 Å². The first kappa shape index (κ1) is 12.8. The Morgan fingerprint density at radius 2 is 2.00 bits per heavy atom. The van der Waals surface area contributed by atoms with Crippen LogP contribution >= 0.6 is 0 Å². The lowest BCUT2D eigenvalue weighted by Gasteiger charge is -2.09. The van der Waals surface area contributed by atoms with Crippen LogP contribution in [0.3, 0.4) is 0 Å². The molecule has 0 unspecified atom stereocenters. The van der Waals surface area contributed by atoms with Gasteiger partial charge < -0.3 is 4.74 Å². The zero-order chi connectivity index (χ0) is 12.3. The maximum absolute atomic E-state index is 13.5. The third-order valence-electron chi connectivity index (χ3n) is 2.11. The van der Waals surface area contributed by atoms with E-state index in [-0.39, 0.29) is 18.3 Å². The fraction of sp³-hybridized carbons (Fsp3) is 0.417. The highest BCUT2D eigenvalue weighted by Crippen LogP contribution is 2.17.